The van der Waals surface area contributed by atoms with Gasteiger partial charge in [0, 0.05) is 11.1 Å². The van der Waals surface area contributed by atoms with E-state index in [1.807, 2.05) is 0 Å². The molecule has 0 fully saturated rings. The highest BCUT2D eigenvalue weighted by atomic mass is 19.4. The van der Waals surface area contributed by atoms with Crippen LogP contribution in [-0.4, -0.2) is 17.2 Å². The molecule has 1 atom stereocenters. The summed E-state index contributed by atoms with van der Waals surface area (Å²) >= 11 is 0. The molecule has 0 bridgehead atoms. The second-order valence-corrected chi connectivity index (χ2v) is 3.16. The van der Waals surface area contributed by atoms with Crippen LogP contribution in [0.1, 0.15) is 22.0 Å². The third-order valence-corrected chi connectivity index (χ3v) is 2.00. The molecule has 7 heteroatoms. The zero-order valence-corrected chi connectivity index (χ0v) is 7.95. The maximum Gasteiger partial charge on any atom is 0.407 e. The minimum atomic E-state index is -4.70. The topological polar surface area (TPSA) is 89.3 Å². The highest BCUT2D eigenvalue weighted by Gasteiger charge is 2.39. The number of hydrogen-bond acceptors (Lipinski definition) is 3. The minimum absolute atomic E-state index is 0.146. The highest BCUT2D eigenvalue weighted by molar-refractivity contribution is 5.93. The Labute approximate surface area is 88.7 Å². The number of alkyl halides is 3. The van der Waals surface area contributed by atoms with Gasteiger partial charge in [-0.2, -0.15) is 13.2 Å². The fraction of sp³-hybridized carbons (Fsp3) is 0.222. The number of nitrogens with two attached hydrogens (primary N) is 2. The number of halogens is 3. The molecule has 0 aliphatic rings. The van der Waals surface area contributed by atoms with Crippen LogP contribution >= 0.6 is 0 Å². The average Bonchev–Trinajstić information content (AvgIpc) is 2.15. The number of hydrogen-bond donors (Lipinski definition) is 3. The first-order chi connectivity index (χ1) is 7.23. The van der Waals surface area contributed by atoms with Gasteiger partial charge in [-0.1, -0.05) is 0 Å². The first-order valence-electron chi connectivity index (χ1n) is 4.18. The Hall–Kier alpha value is -1.76. The van der Waals surface area contributed by atoms with Crippen LogP contribution in [0.2, 0.25) is 0 Å². The Morgan fingerprint density at radius 2 is 1.94 bits per heavy atom. The standard InChI is InChI=1S/C9H9F3N2O2/c10-9(11,12)7(13)5-3-4(8(14)16)1-2-6(5)15/h1-3,7,15H,13H2,(H2,14,16)/t7-/m1/s1. The normalized spacial score (nSPS) is 13.5. The van der Waals surface area contributed by atoms with Crippen LogP contribution in [0.5, 0.6) is 5.75 Å². The summed E-state index contributed by atoms with van der Waals surface area (Å²) in [7, 11) is 0. The lowest BCUT2D eigenvalue weighted by molar-refractivity contribution is -0.149. The number of benzene rings is 1. The van der Waals surface area contributed by atoms with E-state index in [1.165, 1.54) is 0 Å². The largest absolute Gasteiger partial charge is 0.508 e. The molecule has 0 saturated carbocycles. The van der Waals surface area contributed by atoms with E-state index in [1.54, 1.807) is 0 Å². The van der Waals surface area contributed by atoms with E-state index in [4.69, 9.17) is 11.5 Å². The Morgan fingerprint density at radius 3 is 2.38 bits per heavy atom. The van der Waals surface area contributed by atoms with Crippen molar-refractivity contribution < 1.29 is 23.1 Å². The summed E-state index contributed by atoms with van der Waals surface area (Å²) in [4.78, 5) is 10.8. The summed E-state index contributed by atoms with van der Waals surface area (Å²) in [5.74, 6) is -1.52. The Balaban J connectivity index is 3.22. The molecular formula is C9H9F3N2O2. The van der Waals surface area contributed by atoms with Crippen LogP contribution < -0.4 is 11.5 Å². The van der Waals surface area contributed by atoms with Crippen LogP contribution in [0.3, 0.4) is 0 Å². The molecule has 0 spiro atoms. The van der Waals surface area contributed by atoms with E-state index in [9.17, 15) is 23.1 Å². The van der Waals surface area contributed by atoms with E-state index < -0.39 is 29.4 Å². The molecule has 0 aliphatic heterocycles. The lowest BCUT2D eigenvalue weighted by atomic mass is 10.0. The van der Waals surface area contributed by atoms with Crippen molar-refractivity contribution in [3.05, 3.63) is 29.3 Å². The van der Waals surface area contributed by atoms with E-state index >= 15 is 0 Å². The number of primary amides is 1. The van der Waals surface area contributed by atoms with Gasteiger partial charge in [0.2, 0.25) is 5.91 Å². The highest BCUT2D eigenvalue weighted by Crippen LogP contribution is 2.35. The number of carbonyl (C=O) groups is 1. The van der Waals surface area contributed by atoms with E-state index in [0.717, 1.165) is 18.2 Å². The first kappa shape index (κ1) is 12.3. The Kier molecular flexibility index (Phi) is 3.09. The van der Waals surface area contributed by atoms with Crippen molar-refractivity contribution in [3.8, 4) is 5.75 Å². The zero-order chi connectivity index (χ0) is 12.5. The van der Waals surface area contributed by atoms with Gasteiger partial charge in [-0.25, -0.2) is 0 Å². The van der Waals surface area contributed by atoms with Crippen LogP contribution in [-0.2, 0) is 0 Å². The van der Waals surface area contributed by atoms with E-state index in [-0.39, 0.29) is 5.56 Å². The fourth-order valence-electron chi connectivity index (χ4n) is 1.13. The lowest BCUT2D eigenvalue weighted by Gasteiger charge is -2.17. The van der Waals surface area contributed by atoms with Crippen LogP contribution in [0.15, 0.2) is 18.2 Å². The number of aromatic hydroxyl groups is 1. The van der Waals surface area contributed by atoms with Gasteiger partial charge in [-0.3, -0.25) is 4.79 Å². The lowest BCUT2D eigenvalue weighted by Crippen LogP contribution is -2.28. The molecule has 1 aromatic carbocycles. The SMILES string of the molecule is NC(=O)c1ccc(O)c([C@@H](N)C(F)(F)F)c1. The number of phenolic OH excluding ortho intramolecular Hbond substituents is 1. The molecule has 1 aromatic rings. The average molecular weight is 234 g/mol. The number of phenols is 1. The monoisotopic (exact) mass is 234 g/mol. The second-order valence-electron chi connectivity index (χ2n) is 3.16. The van der Waals surface area contributed by atoms with Gasteiger partial charge in [-0.15, -0.1) is 0 Å². The number of rotatable bonds is 2. The summed E-state index contributed by atoms with van der Waals surface area (Å²) in [6, 6.07) is 0.535. The van der Waals surface area contributed by atoms with Gasteiger partial charge >= 0.3 is 6.18 Å². The summed E-state index contributed by atoms with van der Waals surface area (Å²) in [6.07, 6.45) is -4.70. The molecule has 4 nitrogen and oxygen atoms in total. The molecule has 0 aliphatic carbocycles. The maximum absolute atomic E-state index is 12.3. The molecule has 0 unspecified atom stereocenters. The van der Waals surface area contributed by atoms with Crippen molar-refractivity contribution in [3.63, 3.8) is 0 Å². The van der Waals surface area contributed by atoms with Crippen molar-refractivity contribution in [1.82, 2.24) is 0 Å². The summed E-state index contributed by atoms with van der Waals surface area (Å²) in [6.45, 7) is 0. The molecule has 0 heterocycles. The van der Waals surface area contributed by atoms with Gasteiger partial charge in [-0.05, 0) is 18.2 Å². The van der Waals surface area contributed by atoms with Crippen molar-refractivity contribution in [2.75, 3.05) is 0 Å². The molecule has 0 aromatic heterocycles. The molecular weight excluding hydrogens is 225 g/mol. The predicted octanol–water partition coefficient (Wildman–Crippen LogP) is 1.05. The van der Waals surface area contributed by atoms with Crippen LogP contribution in [0.25, 0.3) is 0 Å². The summed E-state index contributed by atoms with van der Waals surface area (Å²) in [5.41, 5.74) is 9.08. The quantitative estimate of drug-likeness (QED) is 0.714. The van der Waals surface area contributed by atoms with Gasteiger partial charge in [0.15, 0.2) is 0 Å². The fourth-order valence-corrected chi connectivity index (χ4v) is 1.13. The van der Waals surface area contributed by atoms with Gasteiger partial charge in [0.1, 0.15) is 11.8 Å². The number of carbonyl (C=O) groups excluding carboxylic acids is 1. The Bertz CT molecular complexity index is 418. The Morgan fingerprint density at radius 1 is 1.38 bits per heavy atom. The van der Waals surface area contributed by atoms with Crippen LogP contribution in [0, 0.1) is 0 Å². The molecule has 16 heavy (non-hydrogen) atoms. The smallest absolute Gasteiger partial charge is 0.407 e. The first-order valence-corrected chi connectivity index (χ1v) is 4.18. The summed E-state index contributed by atoms with van der Waals surface area (Å²) < 4.78 is 36.9. The predicted molar refractivity (Wildman–Crippen MR) is 49.6 cm³/mol. The van der Waals surface area contributed by atoms with E-state index in [0.29, 0.717) is 0 Å². The van der Waals surface area contributed by atoms with Crippen molar-refractivity contribution >= 4 is 5.91 Å². The molecule has 1 rings (SSSR count). The molecule has 0 saturated heterocycles. The third kappa shape index (κ3) is 2.43. The molecule has 88 valence electrons. The third-order valence-electron chi connectivity index (χ3n) is 2.00. The van der Waals surface area contributed by atoms with Crippen LogP contribution in [0.4, 0.5) is 13.2 Å². The minimum Gasteiger partial charge on any atom is -0.508 e. The van der Waals surface area contributed by atoms with Gasteiger partial charge in [0.25, 0.3) is 0 Å². The molecule has 5 N–H and O–H groups in total. The second kappa shape index (κ2) is 4.01. The summed E-state index contributed by atoms with van der Waals surface area (Å²) in [5, 5.41) is 9.22. The maximum atomic E-state index is 12.3. The molecule has 0 radical (unpaired) electrons. The zero-order valence-electron chi connectivity index (χ0n) is 7.95. The van der Waals surface area contributed by atoms with Crippen molar-refractivity contribution in [2.45, 2.75) is 12.2 Å². The van der Waals surface area contributed by atoms with Gasteiger partial charge < -0.3 is 16.6 Å². The number of amides is 1. The van der Waals surface area contributed by atoms with Gasteiger partial charge in [0.05, 0.1) is 0 Å². The van der Waals surface area contributed by atoms with Crippen molar-refractivity contribution in [1.29, 1.82) is 0 Å². The van der Waals surface area contributed by atoms with E-state index in [2.05, 4.69) is 0 Å². The molecule has 1 amide bonds. The van der Waals surface area contributed by atoms with Crippen molar-refractivity contribution in [2.24, 2.45) is 11.5 Å².